The molecule has 0 radical (unpaired) electrons. The Kier molecular flexibility index (Phi) is 5.78. The van der Waals surface area contributed by atoms with Crippen LogP contribution in [0.1, 0.15) is 39.2 Å². The first-order valence-electron chi connectivity index (χ1n) is 8.39. The molecule has 0 aromatic heterocycles. The van der Waals surface area contributed by atoms with Gasteiger partial charge in [-0.15, -0.1) is 0 Å². The molecule has 0 N–H and O–H groups in total. The second-order valence-corrected chi connectivity index (χ2v) is 13.2. The van der Waals surface area contributed by atoms with E-state index in [1.54, 1.807) is 11.0 Å². The van der Waals surface area contributed by atoms with Crippen molar-refractivity contribution in [2.24, 2.45) is 0 Å². The Morgan fingerprint density at radius 2 is 2.04 bits per heavy atom. The van der Waals surface area contributed by atoms with E-state index in [0.29, 0.717) is 24.5 Å². The SMILES string of the molecule is CC(C)(C)[Si](C)(C)OC1CCC(=O)N(Cc2ccc(F)cc2Cl)C1. The van der Waals surface area contributed by atoms with Crippen LogP contribution in [0.5, 0.6) is 0 Å². The van der Waals surface area contributed by atoms with Crippen LogP contribution in [0.2, 0.25) is 23.2 Å². The summed E-state index contributed by atoms with van der Waals surface area (Å²) >= 11 is 6.10. The second kappa shape index (κ2) is 7.14. The summed E-state index contributed by atoms with van der Waals surface area (Å²) in [5.41, 5.74) is 0.763. The largest absolute Gasteiger partial charge is 0.412 e. The first kappa shape index (κ1) is 19.4. The third-order valence-electron chi connectivity index (χ3n) is 5.10. The van der Waals surface area contributed by atoms with Gasteiger partial charge in [0.15, 0.2) is 8.32 Å². The molecular formula is C18H27ClFNO2Si. The highest BCUT2D eigenvalue weighted by Gasteiger charge is 2.40. The minimum absolute atomic E-state index is 0.0582. The number of carbonyl (C=O) groups excluding carboxylic acids is 1. The Morgan fingerprint density at radius 3 is 2.62 bits per heavy atom. The maximum Gasteiger partial charge on any atom is 0.223 e. The van der Waals surface area contributed by atoms with E-state index in [1.807, 2.05) is 0 Å². The Morgan fingerprint density at radius 1 is 1.38 bits per heavy atom. The molecular weight excluding hydrogens is 345 g/mol. The number of benzene rings is 1. The average molecular weight is 372 g/mol. The lowest BCUT2D eigenvalue weighted by Crippen LogP contribution is -2.50. The van der Waals surface area contributed by atoms with Crippen molar-refractivity contribution in [3.63, 3.8) is 0 Å². The van der Waals surface area contributed by atoms with Crippen molar-refractivity contribution in [2.75, 3.05) is 6.54 Å². The molecule has 1 aliphatic heterocycles. The highest BCUT2D eigenvalue weighted by atomic mass is 35.5. The van der Waals surface area contributed by atoms with Crippen molar-refractivity contribution in [2.45, 2.75) is 64.4 Å². The molecule has 0 saturated carbocycles. The standard InChI is InChI=1S/C18H27ClFNO2Si/c1-18(2,3)24(4,5)23-15-8-9-17(22)21(12-15)11-13-6-7-14(20)10-16(13)19/h6-7,10,15H,8-9,11-12H2,1-5H3. The van der Waals surface area contributed by atoms with Crippen LogP contribution in [0.4, 0.5) is 4.39 Å². The van der Waals surface area contributed by atoms with Gasteiger partial charge in [-0.3, -0.25) is 4.79 Å². The van der Waals surface area contributed by atoms with Gasteiger partial charge in [-0.05, 0) is 42.2 Å². The van der Waals surface area contributed by atoms with Gasteiger partial charge in [-0.25, -0.2) is 4.39 Å². The van der Waals surface area contributed by atoms with E-state index in [2.05, 4.69) is 33.9 Å². The molecule has 1 amide bonds. The molecule has 0 bridgehead atoms. The molecule has 1 aromatic rings. The zero-order valence-electron chi connectivity index (χ0n) is 15.2. The van der Waals surface area contributed by atoms with Crippen LogP contribution in [-0.4, -0.2) is 31.8 Å². The Balaban J connectivity index is 2.07. The number of nitrogens with zero attached hydrogens (tertiary/aromatic N) is 1. The van der Waals surface area contributed by atoms with Crippen molar-refractivity contribution in [1.82, 2.24) is 4.90 Å². The molecule has 1 atom stereocenters. The van der Waals surface area contributed by atoms with Gasteiger partial charge in [0, 0.05) is 24.5 Å². The molecule has 0 spiro atoms. The summed E-state index contributed by atoms with van der Waals surface area (Å²) in [5.74, 6) is -0.265. The fourth-order valence-electron chi connectivity index (χ4n) is 2.58. The number of carbonyl (C=O) groups is 1. The van der Waals surface area contributed by atoms with Crippen LogP contribution in [0.25, 0.3) is 0 Å². The summed E-state index contributed by atoms with van der Waals surface area (Å²) < 4.78 is 19.6. The number of hydrogen-bond donors (Lipinski definition) is 0. The molecule has 0 aliphatic carbocycles. The number of likely N-dealkylation sites (tertiary alicyclic amines) is 1. The molecule has 1 saturated heterocycles. The van der Waals surface area contributed by atoms with Gasteiger partial charge in [0.1, 0.15) is 5.82 Å². The number of amides is 1. The maximum absolute atomic E-state index is 13.2. The van der Waals surface area contributed by atoms with Crippen LogP contribution in [-0.2, 0) is 15.8 Å². The summed E-state index contributed by atoms with van der Waals surface area (Å²) in [5, 5.41) is 0.495. The van der Waals surface area contributed by atoms with Gasteiger partial charge in [-0.2, -0.15) is 0 Å². The van der Waals surface area contributed by atoms with Crippen LogP contribution in [0, 0.1) is 5.82 Å². The van der Waals surface area contributed by atoms with Gasteiger partial charge in [0.2, 0.25) is 5.91 Å². The van der Waals surface area contributed by atoms with Crippen LogP contribution in [0.15, 0.2) is 18.2 Å². The Bertz CT molecular complexity index is 616. The van der Waals surface area contributed by atoms with E-state index < -0.39 is 8.32 Å². The zero-order valence-corrected chi connectivity index (χ0v) is 16.9. The second-order valence-electron chi connectivity index (χ2n) is 8.05. The van der Waals surface area contributed by atoms with Gasteiger partial charge in [0.25, 0.3) is 0 Å². The van der Waals surface area contributed by atoms with E-state index in [4.69, 9.17) is 16.0 Å². The molecule has 2 rings (SSSR count). The molecule has 1 aliphatic rings. The van der Waals surface area contributed by atoms with Gasteiger partial charge < -0.3 is 9.33 Å². The van der Waals surface area contributed by atoms with Crippen LogP contribution < -0.4 is 0 Å². The Hall–Kier alpha value is -0.913. The fraction of sp³-hybridized carbons (Fsp3) is 0.611. The fourth-order valence-corrected chi connectivity index (χ4v) is 4.19. The number of rotatable bonds is 4. The third kappa shape index (κ3) is 4.58. The zero-order chi connectivity index (χ0) is 18.1. The van der Waals surface area contributed by atoms with Gasteiger partial charge >= 0.3 is 0 Å². The molecule has 1 heterocycles. The van der Waals surface area contributed by atoms with E-state index in [9.17, 15) is 9.18 Å². The predicted molar refractivity (Wildman–Crippen MR) is 98.1 cm³/mol. The van der Waals surface area contributed by atoms with E-state index >= 15 is 0 Å². The maximum atomic E-state index is 13.2. The molecule has 1 fully saturated rings. The molecule has 1 aromatic carbocycles. The summed E-state index contributed by atoms with van der Waals surface area (Å²) in [6, 6.07) is 4.30. The van der Waals surface area contributed by atoms with Gasteiger partial charge in [0.05, 0.1) is 6.10 Å². The monoisotopic (exact) mass is 371 g/mol. The lowest BCUT2D eigenvalue weighted by molar-refractivity contribution is -0.137. The van der Waals surface area contributed by atoms with E-state index in [0.717, 1.165) is 12.0 Å². The summed E-state index contributed by atoms with van der Waals surface area (Å²) in [7, 11) is -1.87. The lowest BCUT2D eigenvalue weighted by atomic mass is 10.1. The third-order valence-corrected chi connectivity index (χ3v) is 9.99. The molecule has 1 unspecified atom stereocenters. The number of halogens is 2. The number of hydrogen-bond acceptors (Lipinski definition) is 2. The van der Waals surface area contributed by atoms with Crippen molar-refractivity contribution >= 4 is 25.8 Å². The van der Waals surface area contributed by atoms with Crippen molar-refractivity contribution in [3.8, 4) is 0 Å². The topological polar surface area (TPSA) is 29.5 Å². The van der Waals surface area contributed by atoms with E-state index in [1.165, 1.54) is 12.1 Å². The first-order valence-corrected chi connectivity index (χ1v) is 11.7. The minimum atomic E-state index is -1.87. The van der Waals surface area contributed by atoms with Crippen molar-refractivity contribution in [1.29, 1.82) is 0 Å². The molecule has 134 valence electrons. The normalized spacial score (nSPS) is 19.7. The highest BCUT2D eigenvalue weighted by molar-refractivity contribution is 6.74. The Labute approximate surface area is 150 Å². The minimum Gasteiger partial charge on any atom is -0.412 e. The first-order chi connectivity index (χ1) is 11.0. The summed E-state index contributed by atoms with van der Waals surface area (Å²) in [6.45, 7) is 12.1. The molecule has 6 heteroatoms. The summed E-state index contributed by atoms with van der Waals surface area (Å²) in [6.07, 6.45) is 1.31. The summed E-state index contributed by atoms with van der Waals surface area (Å²) in [4.78, 5) is 14.0. The average Bonchev–Trinajstić information content (AvgIpc) is 2.44. The number of piperidine rings is 1. The highest BCUT2D eigenvalue weighted by Crippen LogP contribution is 2.38. The van der Waals surface area contributed by atoms with Crippen LogP contribution >= 0.6 is 11.6 Å². The molecule has 3 nitrogen and oxygen atoms in total. The smallest absolute Gasteiger partial charge is 0.223 e. The van der Waals surface area contributed by atoms with Crippen molar-refractivity contribution < 1.29 is 13.6 Å². The molecule has 24 heavy (non-hydrogen) atoms. The lowest BCUT2D eigenvalue weighted by Gasteiger charge is -2.42. The predicted octanol–water partition coefficient (Wildman–Crippen LogP) is 4.99. The van der Waals surface area contributed by atoms with Crippen LogP contribution in [0.3, 0.4) is 0 Å². The van der Waals surface area contributed by atoms with E-state index in [-0.39, 0.29) is 22.9 Å². The van der Waals surface area contributed by atoms with Gasteiger partial charge in [-0.1, -0.05) is 38.4 Å². The van der Waals surface area contributed by atoms with Crippen molar-refractivity contribution in [3.05, 3.63) is 34.6 Å². The quantitative estimate of drug-likeness (QED) is 0.697.